The predicted octanol–water partition coefficient (Wildman–Crippen LogP) is 2.23. The first-order valence-electron chi connectivity index (χ1n) is 6.35. The number of rotatable bonds is 5. The monoisotopic (exact) mass is 279 g/mol. The van der Waals surface area contributed by atoms with Gasteiger partial charge in [0.05, 0.1) is 11.7 Å². The number of nitriles is 1. The van der Waals surface area contributed by atoms with Crippen LogP contribution in [0.5, 0.6) is 0 Å². The lowest BCUT2D eigenvalue weighted by Gasteiger charge is -2.14. The molecule has 20 heavy (non-hydrogen) atoms. The molecule has 0 aliphatic heterocycles. The standard InChI is InChI=1S/C14H18FN3O2/c1-9(5-10(2)19)8-17-14(20)18-12-3-4-13(15)11(6-12)7-16/h3-4,6,9-10,19H,5,8H2,1-2H3,(H2,17,18,20). The molecule has 0 fully saturated rings. The van der Waals surface area contributed by atoms with Crippen LogP contribution in [-0.4, -0.2) is 23.8 Å². The maximum absolute atomic E-state index is 13.1. The van der Waals surface area contributed by atoms with Gasteiger partial charge in [0.15, 0.2) is 0 Å². The Hall–Kier alpha value is -2.13. The zero-order chi connectivity index (χ0) is 15.1. The minimum Gasteiger partial charge on any atom is -0.393 e. The Morgan fingerprint density at radius 1 is 1.50 bits per heavy atom. The number of benzene rings is 1. The van der Waals surface area contributed by atoms with Crippen molar-refractivity contribution in [2.24, 2.45) is 5.92 Å². The molecule has 0 aliphatic carbocycles. The lowest BCUT2D eigenvalue weighted by Crippen LogP contribution is -2.33. The van der Waals surface area contributed by atoms with Crippen molar-refractivity contribution in [2.45, 2.75) is 26.4 Å². The molecular formula is C14H18FN3O2. The van der Waals surface area contributed by atoms with Crippen molar-refractivity contribution in [3.63, 3.8) is 0 Å². The quantitative estimate of drug-likeness (QED) is 0.772. The minimum absolute atomic E-state index is 0.120. The Morgan fingerprint density at radius 3 is 2.80 bits per heavy atom. The largest absolute Gasteiger partial charge is 0.393 e. The molecule has 1 rings (SSSR count). The van der Waals surface area contributed by atoms with Gasteiger partial charge in [0.1, 0.15) is 11.9 Å². The number of amides is 2. The number of nitrogens with one attached hydrogen (secondary N) is 2. The molecule has 0 radical (unpaired) electrons. The van der Waals surface area contributed by atoms with E-state index in [1.54, 1.807) is 13.0 Å². The molecule has 108 valence electrons. The molecule has 0 aliphatic rings. The number of aliphatic hydroxyl groups is 1. The Kier molecular flexibility index (Phi) is 5.94. The van der Waals surface area contributed by atoms with Crippen LogP contribution < -0.4 is 10.6 Å². The molecule has 2 atom stereocenters. The highest BCUT2D eigenvalue weighted by molar-refractivity contribution is 5.89. The minimum atomic E-state index is -0.621. The summed E-state index contributed by atoms with van der Waals surface area (Å²) in [5, 5.41) is 23.1. The van der Waals surface area contributed by atoms with Crippen LogP contribution >= 0.6 is 0 Å². The molecule has 0 saturated carbocycles. The van der Waals surface area contributed by atoms with Crippen molar-refractivity contribution < 1.29 is 14.3 Å². The maximum atomic E-state index is 13.1. The van der Waals surface area contributed by atoms with Gasteiger partial charge in [0.25, 0.3) is 0 Å². The summed E-state index contributed by atoms with van der Waals surface area (Å²) < 4.78 is 13.1. The normalized spacial score (nSPS) is 13.2. The highest BCUT2D eigenvalue weighted by Gasteiger charge is 2.09. The van der Waals surface area contributed by atoms with Gasteiger partial charge in [-0.2, -0.15) is 5.26 Å². The van der Waals surface area contributed by atoms with E-state index >= 15 is 0 Å². The van der Waals surface area contributed by atoms with Gasteiger partial charge in [0.2, 0.25) is 0 Å². The first-order valence-corrected chi connectivity index (χ1v) is 6.35. The number of urea groups is 1. The van der Waals surface area contributed by atoms with E-state index in [0.29, 0.717) is 18.7 Å². The number of anilines is 1. The molecule has 0 bridgehead atoms. The van der Waals surface area contributed by atoms with Gasteiger partial charge in [-0.15, -0.1) is 0 Å². The molecule has 2 unspecified atom stereocenters. The van der Waals surface area contributed by atoms with Gasteiger partial charge < -0.3 is 15.7 Å². The summed E-state index contributed by atoms with van der Waals surface area (Å²) in [4.78, 5) is 11.6. The van der Waals surface area contributed by atoms with E-state index in [9.17, 15) is 14.3 Å². The van der Waals surface area contributed by atoms with Gasteiger partial charge >= 0.3 is 6.03 Å². The van der Waals surface area contributed by atoms with Crippen molar-refractivity contribution in [2.75, 3.05) is 11.9 Å². The van der Waals surface area contributed by atoms with Crippen LogP contribution in [0.1, 0.15) is 25.8 Å². The second-order valence-electron chi connectivity index (χ2n) is 4.83. The number of hydrogen-bond donors (Lipinski definition) is 3. The van der Waals surface area contributed by atoms with E-state index in [4.69, 9.17) is 5.26 Å². The summed E-state index contributed by atoms with van der Waals surface area (Å²) in [7, 11) is 0. The predicted molar refractivity (Wildman–Crippen MR) is 73.6 cm³/mol. The second kappa shape index (κ2) is 7.46. The van der Waals surface area contributed by atoms with E-state index in [0.717, 1.165) is 6.07 Å². The maximum Gasteiger partial charge on any atom is 0.319 e. The van der Waals surface area contributed by atoms with Crippen molar-refractivity contribution in [1.29, 1.82) is 5.26 Å². The first-order chi connectivity index (χ1) is 9.42. The first kappa shape index (κ1) is 15.9. The fraction of sp³-hybridized carbons (Fsp3) is 0.429. The Balaban J connectivity index is 2.49. The van der Waals surface area contributed by atoms with Gasteiger partial charge in [0, 0.05) is 12.2 Å². The second-order valence-corrected chi connectivity index (χ2v) is 4.83. The van der Waals surface area contributed by atoms with Gasteiger partial charge in [-0.25, -0.2) is 9.18 Å². The highest BCUT2D eigenvalue weighted by Crippen LogP contribution is 2.13. The number of nitrogens with zero attached hydrogens (tertiary/aromatic N) is 1. The smallest absolute Gasteiger partial charge is 0.319 e. The van der Waals surface area contributed by atoms with Crippen LogP contribution in [0.3, 0.4) is 0 Å². The Morgan fingerprint density at radius 2 is 2.20 bits per heavy atom. The van der Waals surface area contributed by atoms with Crippen LogP contribution in [-0.2, 0) is 0 Å². The molecule has 0 heterocycles. The molecule has 6 heteroatoms. The number of hydrogen-bond acceptors (Lipinski definition) is 3. The molecule has 3 N–H and O–H groups in total. The van der Waals surface area contributed by atoms with Crippen LogP contribution in [0.15, 0.2) is 18.2 Å². The van der Waals surface area contributed by atoms with Crippen LogP contribution in [0.25, 0.3) is 0 Å². The van der Waals surface area contributed by atoms with Crippen LogP contribution in [0.4, 0.5) is 14.9 Å². The Bertz CT molecular complexity index is 512. The third-order valence-corrected chi connectivity index (χ3v) is 2.70. The zero-order valence-corrected chi connectivity index (χ0v) is 11.5. The molecule has 0 aromatic heterocycles. The number of carbonyl (C=O) groups excluding carboxylic acids is 1. The Labute approximate surface area is 117 Å². The molecule has 1 aromatic rings. The van der Waals surface area contributed by atoms with E-state index in [2.05, 4.69) is 10.6 Å². The van der Waals surface area contributed by atoms with Gasteiger partial charge in [-0.3, -0.25) is 0 Å². The van der Waals surface area contributed by atoms with E-state index in [1.165, 1.54) is 12.1 Å². The lowest BCUT2D eigenvalue weighted by molar-refractivity contribution is 0.163. The van der Waals surface area contributed by atoms with Crippen LogP contribution in [0.2, 0.25) is 0 Å². The molecule has 1 aromatic carbocycles. The molecule has 0 saturated heterocycles. The van der Waals surface area contributed by atoms with Gasteiger partial charge in [-0.05, 0) is 37.5 Å². The number of halogens is 1. The lowest BCUT2D eigenvalue weighted by atomic mass is 10.1. The average Bonchev–Trinajstić information content (AvgIpc) is 2.38. The van der Waals surface area contributed by atoms with E-state index in [-0.39, 0.29) is 11.5 Å². The van der Waals surface area contributed by atoms with Crippen molar-refractivity contribution in [3.05, 3.63) is 29.6 Å². The molecule has 2 amide bonds. The summed E-state index contributed by atoms with van der Waals surface area (Å²) in [5.74, 6) is -0.479. The SMILES string of the molecule is CC(O)CC(C)CNC(=O)Nc1ccc(F)c(C#N)c1. The third kappa shape index (κ3) is 5.24. The van der Waals surface area contributed by atoms with Gasteiger partial charge in [-0.1, -0.05) is 6.92 Å². The fourth-order valence-corrected chi connectivity index (χ4v) is 1.80. The summed E-state index contributed by atoms with van der Waals surface area (Å²) in [6.45, 7) is 4.03. The fourth-order valence-electron chi connectivity index (χ4n) is 1.80. The summed E-state index contributed by atoms with van der Waals surface area (Å²) in [5.41, 5.74) is 0.230. The zero-order valence-electron chi connectivity index (χ0n) is 11.5. The van der Waals surface area contributed by atoms with Crippen molar-refractivity contribution in [3.8, 4) is 6.07 Å². The van der Waals surface area contributed by atoms with Crippen molar-refractivity contribution >= 4 is 11.7 Å². The summed E-state index contributed by atoms with van der Waals surface area (Å²) >= 11 is 0. The topological polar surface area (TPSA) is 85.2 Å². The van der Waals surface area contributed by atoms with E-state index < -0.39 is 18.0 Å². The van der Waals surface area contributed by atoms with Crippen LogP contribution in [0, 0.1) is 23.1 Å². The number of aliphatic hydroxyl groups excluding tert-OH is 1. The molecular weight excluding hydrogens is 261 g/mol. The summed E-state index contributed by atoms with van der Waals surface area (Å²) in [6.07, 6.45) is 0.181. The number of carbonyl (C=O) groups is 1. The summed E-state index contributed by atoms with van der Waals surface area (Å²) in [6, 6.07) is 5.06. The van der Waals surface area contributed by atoms with E-state index in [1.807, 2.05) is 6.92 Å². The third-order valence-electron chi connectivity index (χ3n) is 2.70. The average molecular weight is 279 g/mol. The van der Waals surface area contributed by atoms with Crippen molar-refractivity contribution in [1.82, 2.24) is 5.32 Å². The highest BCUT2D eigenvalue weighted by atomic mass is 19.1. The molecule has 5 nitrogen and oxygen atoms in total. The molecule has 0 spiro atoms.